The van der Waals surface area contributed by atoms with Gasteiger partial charge < -0.3 is 10.5 Å². The molecule has 82 valence electrons. The van der Waals surface area contributed by atoms with Gasteiger partial charge in [0.25, 0.3) is 5.91 Å². The first-order valence-corrected chi connectivity index (χ1v) is 4.30. The Kier molecular flexibility index (Phi) is 3.18. The van der Waals surface area contributed by atoms with Crippen molar-refractivity contribution in [2.75, 3.05) is 0 Å². The number of ether oxygens (including phenoxy) is 1. The first-order valence-electron chi connectivity index (χ1n) is 3.51. The van der Waals surface area contributed by atoms with Gasteiger partial charge >= 0.3 is 6.36 Å². The average molecular weight is 285 g/mol. The van der Waals surface area contributed by atoms with E-state index in [9.17, 15) is 18.0 Å². The minimum atomic E-state index is -4.88. The van der Waals surface area contributed by atoms with Crippen molar-refractivity contribution in [2.24, 2.45) is 5.73 Å². The number of aromatic nitrogens is 1. The summed E-state index contributed by atoms with van der Waals surface area (Å²) in [5, 5.41) is 0. The number of nitrogens with two attached hydrogens (primary N) is 1. The highest BCUT2D eigenvalue weighted by atomic mass is 79.9. The smallest absolute Gasteiger partial charge is 0.405 e. The summed E-state index contributed by atoms with van der Waals surface area (Å²) in [5.74, 6) is -1.74. The van der Waals surface area contributed by atoms with Crippen molar-refractivity contribution in [2.45, 2.75) is 6.36 Å². The maximum atomic E-state index is 11.9. The van der Waals surface area contributed by atoms with Crippen LogP contribution >= 0.6 is 15.9 Å². The van der Waals surface area contributed by atoms with E-state index in [1.54, 1.807) is 0 Å². The van der Waals surface area contributed by atoms with Gasteiger partial charge in [0.1, 0.15) is 15.9 Å². The van der Waals surface area contributed by atoms with Crippen LogP contribution in [0.5, 0.6) is 5.75 Å². The van der Waals surface area contributed by atoms with Crippen molar-refractivity contribution in [1.82, 2.24) is 4.98 Å². The number of carbonyl (C=O) groups is 1. The molecule has 0 saturated heterocycles. The van der Waals surface area contributed by atoms with Crippen molar-refractivity contribution in [3.8, 4) is 5.75 Å². The Balaban J connectivity index is 3.18. The Morgan fingerprint density at radius 3 is 2.60 bits per heavy atom. The number of amides is 1. The van der Waals surface area contributed by atoms with Gasteiger partial charge in [0, 0.05) is 6.20 Å². The molecule has 4 nitrogen and oxygen atoms in total. The Labute approximate surface area is 90.4 Å². The van der Waals surface area contributed by atoms with E-state index < -0.39 is 23.6 Å². The summed E-state index contributed by atoms with van der Waals surface area (Å²) in [6.07, 6.45) is -3.83. The molecule has 0 atom stereocenters. The maximum absolute atomic E-state index is 11.9. The van der Waals surface area contributed by atoms with Crippen LogP contribution in [-0.2, 0) is 0 Å². The Morgan fingerprint density at radius 2 is 2.13 bits per heavy atom. The van der Waals surface area contributed by atoms with Crippen LogP contribution in [0, 0.1) is 0 Å². The van der Waals surface area contributed by atoms with E-state index in [0.29, 0.717) is 0 Å². The molecule has 1 heterocycles. The predicted molar refractivity (Wildman–Crippen MR) is 47.1 cm³/mol. The molecular formula is C7H4BrF3N2O2. The third kappa shape index (κ3) is 3.08. The van der Waals surface area contributed by atoms with E-state index >= 15 is 0 Å². The number of primary amides is 1. The highest BCUT2D eigenvalue weighted by molar-refractivity contribution is 9.10. The molecule has 1 aromatic heterocycles. The second-order valence-corrected chi connectivity index (χ2v) is 3.14. The number of nitrogens with zero attached hydrogens (tertiary/aromatic N) is 1. The summed E-state index contributed by atoms with van der Waals surface area (Å²) < 4.78 is 39.2. The molecular weight excluding hydrogens is 281 g/mol. The summed E-state index contributed by atoms with van der Waals surface area (Å²) in [6, 6.07) is 0.901. The fourth-order valence-corrected chi connectivity index (χ4v) is 1.36. The van der Waals surface area contributed by atoms with Crippen LogP contribution in [0.25, 0.3) is 0 Å². The largest absolute Gasteiger partial charge is 0.573 e. The fraction of sp³-hybridized carbons (Fsp3) is 0.143. The minimum absolute atomic E-state index is 0.100. The number of pyridine rings is 1. The molecule has 0 aliphatic rings. The van der Waals surface area contributed by atoms with Crippen LogP contribution in [0.1, 0.15) is 10.4 Å². The highest BCUT2D eigenvalue weighted by Gasteiger charge is 2.33. The van der Waals surface area contributed by atoms with Gasteiger partial charge in [-0.25, -0.2) is 4.98 Å². The lowest BCUT2D eigenvalue weighted by molar-refractivity contribution is -0.274. The molecule has 1 rings (SSSR count). The van der Waals surface area contributed by atoms with Crippen molar-refractivity contribution < 1.29 is 22.7 Å². The lowest BCUT2D eigenvalue weighted by atomic mass is 10.2. The molecule has 1 amide bonds. The Bertz CT molecular complexity index is 394. The van der Waals surface area contributed by atoms with Gasteiger partial charge in [-0.1, -0.05) is 0 Å². The van der Waals surface area contributed by atoms with Crippen molar-refractivity contribution in [1.29, 1.82) is 0 Å². The molecule has 8 heteroatoms. The van der Waals surface area contributed by atoms with E-state index in [0.717, 1.165) is 12.3 Å². The second-order valence-electron chi connectivity index (χ2n) is 2.39. The van der Waals surface area contributed by atoms with Gasteiger partial charge in [-0.05, 0) is 22.0 Å². The zero-order valence-electron chi connectivity index (χ0n) is 7.01. The third-order valence-electron chi connectivity index (χ3n) is 1.34. The predicted octanol–water partition coefficient (Wildman–Crippen LogP) is 1.84. The summed E-state index contributed by atoms with van der Waals surface area (Å²) in [6.45, 7) is 0. The van der Waals surface area contributed by atoms with Gasteiger partial charge in [0.2, 0.25) is 0 Å². The zero-order valence-corrected chi connectivity index (χ0v) is 8.59. The summed E-state index contributed by atoms with van der Waals surface area (Å²) in [5.41, 5.74) is 4.43. The van der Waals surface area contributed by atoms with Crippen molar-refractivity contribution in [3.05, 3.63) is 22.4 Å². The number of hydrogen-bond acceptors (Lipinski definition) is 3. The first-order chi connectivity index (χ1) is 6.81. The van der Waals surface area contributed by atoms with Crippen molar-refractivity contribution >= 4 is 21.8 Å². The Morgan fingerprint density at radius 1 is 1.53 bits per heavy atom. The molecule has 15 heavy (non-hydrogen) atoms. The van der Waals surface area contributed by atoms with Crippen LogP contribution in [0.3, 0.4) is 0 Å². The normalized spacial score (nSPS) is 11.2. The lowest BCUT2D eigenvalue weighted by Crippen LogP contribution is -2.21. The van der Waals surface area contributed by atoms with Gasteiger partial charge in [-0.2, -0.15) is 0 Å². The minimum Gasteiger partial charge on any atom is -0.405 e. The SMILES string of the molecule is NC(=O)c1c(OC(F)(F)F)ccnc1Br. The van der Waals surface area contributed by atoms with Gasteiger partial charge in [0.15, 0.2) is 0 Å². The number of hydrogen-bond donors (Lipinski definition) is 1. The Hall–Kier alpha value is -1.31. The van der Waals surface area contributed by atoms with Gasteiger partial charge in [-0.3, -0.25) is 4.79 Å². The van der Waals surface area contributed by atoms with E-state index in [1.165, 1.54) is 0 Å². The van der Waals surface area contributed by atoms with E-state index in [2.05, 4.69) is 25.7 Å². The number of rotatable bonds is 2. The van der Waals surface area contributed by atoms with Crippen LogP contribution in [0.2, 0.25) is 0 Å². The molecule has 0 aromatic carbocycles. The molecule has 0 aliphatic heterocycles. The summed E-state index contributed by atoms with van der Waals surface area (Å²) in [7, 11) is 0. The molecule has 0 radical (unpaired) electrons. The van der Waals surface area contributed by atoms with E-state index in [4.69, 9.17) is 5.73 Å². The molecule has 0 fully saturated rings. The fourth-order valence-electron chi connectivity index (χ4n) is 0.853. The van der Waals surface area contributed by atoms with Gasteiger partial charge in [-0.15, -0.1) is 13.2 Å². The standard InChI is InChI=1S/C7H4BrF3N2O2/c8-5-4(6(12)14)3(1-2-13-5)15-7(9,10)11/h1-2H,(H2,12,14). The van der Waals surface area contributed by atoms with Crippen molar-refractivity contribution in [3.63, 3.8) is 0 Å². The third-order valence-corrected chi connectivity index (χ3v) is 1.94. The summed E-state index contributed by atoms with van der Waals surface area (Å²) in [4.78, 5) is 14.4. The summed E-state index contributed by atoms with van der Waals surface area (Å²) >= 11 is 2.80. The van der Waals surface area contributed by atoms with Gasteiger partial charge in [0.05, 0.1) is 0 Å². The molecule has 0 saturated carbocycles. The van der Waals surface area contributed by atoms with Crippen LogP contribution < -0.4 is 10.5 Å². The molecule has 0 unspecified atom stereocenters. The quantitative estimate of drug-likeness (QED) is 0.843. The molecule has 0 bridgehead atoms. The van der Waals surface area contributed by atoms with E-state index in [1.807, 2.05) is 0 Å². The molecule has 0 aliphatic carbocycles. The zero-order chi connectivity index (χ0) is 11.6. The monoisotopic (exact) mass is 284 g/mol. The topological polar surface area (TPSA) is 65.2 Å². The van der Waals surface area contributed by atoms with Crippen LogP contribution in [0.15, 0.2) is 16.9 Å². The van der Waals surface area contributed by atoms with E-state index in [-0.39, 0.29) is 4.60 Å². The van der Waals surface area contributed by atoms with Crippen LogP contribution in [-0.4, -0.2) is 17.3 Å². The molecule has 2 N–H and O–H groups in total. The van der Waals surface area contributed by atoms with Crippen LogP contribution in [0.4, 0.5) is 13.2 Å². The highest BCUT2D eigenvalue weighted by Crippen LogP contribution is 2.29. The first kappa shape index (κ1) is 11.8. The maximum Gasteiger partial charge on any atom is 0.573 e. The molecule has 1 aromatic rings. The molecule has 0 spiro atoms. The average Bonchev–Trinajstić information content (AvgIpc) is 1.99. The number of carbonyl (C=O) groups excluding carboxylic acids is 1. The number of halogens is 4. The second kappa shape index (κ2) is 4.05. The number of alkyl halides is 3. The lowest BCUT2D eigenvalue weighted by Gasteiger charge is -2.11.